The van der Waals surface area contributed by atoms with Gasteiger partial charge in [0.15, 0.2) is 11.8 Å². The molecule has 1 aliphatic heterocycles. The monoisotopic (exact) mass is 496 g/mol. The van der Waals surface area contributed by atoms with Gasteiger partial charge in [-0.3, -0.25) is 9.10 Å². The molecule has 2 N–H and O–H groups in total. The van der Waals surface area contributed by atoms with Gasteiger partial charge < -0.3 is 14.6 Å². The number of sulfonamides is 1. The molecule has 35 heavy (non-hydrogen) atoms. The maximum absolute atomic E-state index is 13.6. The molecule has 0 aliphatic carbocycles. The van der Waals surface area contributed by atoms with Crippen LogP contribution in [-0.4, -0.2) is 40.5 Å². The lowest BCUT2D eigenvalue weighted by molar-refractivity contribution is -0.936. The third kappa shape index (κ3) is 5.60. The predicted molar refractivity (Wildman–Crippen MR) is 136 cm³/mol. The number of nitrogens with zero attached hydrogens (tertiary/aromatic N) is 1. The molecule has 4 rings (SSSR count). The first-order valence-corrected chi connectivity index (χ1v) is 13.7. The Balaban J connectivity index is 1.55. The Morgan fingerprint density at radius 2 is 1.80 bits per heavy atom. The van der Waals surface area contributed by atoms with Crippen LogP contribution in [0.3, 0.4) is 0 Å². The van der Waals surface area contributed by atoms with Crippen molar-refractivity contribution < 1.29 is 22.5 Å². The van der Waals surface area contributed by atoms with Crippen molar-refractivity contribution in [1.82, 2.24) is 5.32 Å². The highest BCUT2D eigenvalue weighted by Crippen LogP contribution is 2.26. The first kappa shape index (κ1) is 25.0. The third-order valence-corrected chi connectivity index (χ3v) is 8.74. The van der Waals surface area contributed by atoms with Crippen LogP contribution in [0.4, 0.5) is 5.69 Å². The van der Waals surface area contributed by atoms with Crippen LogP contribution < -0.4 is 14.5 Å². The molecule has 1 amide bonds. The number of carbonyl (C=O) groups excluding carboxylic acids is 1. The number of likely N-dealkylation sites (tertiary alicyclic amines) is 1. The largest absolute Gasteiger partial charge is 0.463 e. The zero-order chi connectivity index (χ0) is 24.8. The summed E-state index contributed by atoms with van der Waals surface area (Å²) >= 11 is 0. The van der Waals surface area contributed by atoms with Crippen molar-refractivity contribution >= 4 is 21.6 Å². The second-order valence-corrected chi connectivity index (χ2v) is 10.8. The number of hydrogen-bond donors (Lipinski definition) is 2. The number of quaternary nitrogens is 1. The number of amides is 1. The van der Waals surface area contributed by atoms with Gasteiger partial charge >= 0.3 is 0 Å². The van der Waals surface area contributed by atoms with Crippen molar-refractivity contribution in [1.29, 1.82) is 0 Å². The number of para-hydroxylation sites is 1. The molecule has 3 aromatic rings. The molecule has 0 radical (unpaired) electrons. The lowest BCUT2D eigenvalue weighted by atomic mass is 10.1. The summed E-state index contributed by atoms with van der Waals surface area (Å²) < 4.78 is 34.2. The van der Waals surface area contributed by atoms with Gasteiger partial charge in [-0.2, -0.15) is 0 Å². The molecule has 1 fully saturated rings. The topological polar surface area (TPSA) is 84.1 Å². The van der Waals surface area contributed by atoms with Crippen LogP contribution in [0.15, 0.2) is 76.2 Å². The molecule has 2 heterocycles. The summed E-state index contributed by atoms with van der Waals surface area (Å²) in [7, 11) is -3.84. The fourth-order valence-electron chi connectivity index (χ4n) is 4.81. The Kier molecular flexibility index (Phi) is 7.93. The molecule has 8 heteroatoms. The minimum absolute atomic E-state index is 0.0246. The summed E-state index contributed by atoms with van der Waals surface area (Å²) in [4.78, 5) is 14.7. The summed E-state index contributed by atoms with van der Waals surface area (Å²) in [5.41, 5.74) is 1.52. The summed E-state index contributed by atoms with van der Waals surface area (Å²) in [6.07, 6.45) is 5.22. The quantitative estimate of drug-likeness (QED) is 0.476. The Morgan fingerprint density at radius 1 is 1.06 bits per heavy atom. The summed E-state index contributed by atoms with van der Waals surface area (Å²) in [5.74, 6) is 0.563. The van der Waals surface area contributed by atoms with Crippen LogP contribution in [0.5, 0.6) is 0 Å². The average molecular weight is 497 g/mol. The van der Waals surface area contributed by atoms with E-state index in [0.717, 1.165) is 31.7 Å². The highest BCUT2D eigenvalue weighted by Gasteiger charge is 2.30. The molecule has 1 aliphatic rings. The number of anilines is 1. The fourth-order valence-corrected chi connectivity index (χ4v) is 6.54. The second-order valence-electron chi connectivity index (χ2n) is 8.98. The van der Waals surface area contributed by atoms with Crippen molar-refractivity contribution in [3.8, 4) is 0 Å². The van der Waals surface area contributed by atoms with E-state index in [1.807, 2.05) is 30.3 Å². The Labute approximate surface area is 207 Å². The van der Waals surface area contributed by atoms with E-state index < -0.39 is 10.0 Å². The van der Waals surface area contributed by atoms with Crippen LogP contribution in [0.25, 0.3) is 0 Å². The molecule has 0 saturated carbocycles. The van der Waals surface area contributed by atoms with Crippen molar-refractivity contribution in [2.75, 3.05) is 30.5 Å². The van der Waals surface area contributed by atoms with Crippen molar-refractivity contribution in [2.24, 2.45) is 0 Å². The number of aryl methyl sites for hydroxylation is 1. The van der Waals surface area contributed by atoms with E-state index in [0.29, 0.717) is 23.4 Å². The number of piperidine rings is 1. The standard InChI is InChI=1S/C27H33N3O4S/c1-3-30(23-11-6-4-7-12-23)35(32,33)26-19-22(15-14-21(26)2)27(31)28-20-24(25-13-10-18-34-25)29-16-8-5-9-17-29/h4,6-7,10-15,18-19,24H,3,5,8-9,16-17,20H2,1-2H3,(H,28,31)/p+1/t24-/m1/s1. The van der Waals surface area contributed by atoms with E-state index in [1.54, 1.807) is 44.4 Å². The molecule has 2 aromatic carbocycles. The van der Waals surface area contributed by atoms with Crippen molar-refractivity contribution in [2.45, 2.75) is 44.0 Å². The molecule has 1 atom stereocenters. The van der Waals surface area contributed by atoms with Crippen LogP contribution in [-0.2, 0) is 10.0 Å². The van der Waals surface area contributed by atoms with Gasteiger partial charge in [0.1, 0.15) is 0 Å². The SMILES string of the molecule is CCN(c1ccccc1)S(=O)(=O)c1cc(C(=O)NC[C@H](c2ccco2)[NH+]2CCCCC2)ccc1C. The summed E-state index contributed by atoms with van der Waals surface area (Å²) in [5, 5.41) is 3.03. The number of carbonyl (C=O) groups is 1. The number of furan rings is 1. The number of nitrogens with one attached hydrogen (secondary N) is 2. The third-order valence-electron chi connectivity index (χ3n) is 6.69. The summed E-state index contributed by atoms with van der Waals surface area (Å²) in [6, 6.07) is 17.7. The van der Waals surface area contributed by atoms with E-state index in [9.17, 15) is 13.2 Å². The van der Waals surface area contributed by atoms with Gasteiger partial charge in [-0.05, 0) is 75.1 Å². The smallest absolute Gasteiger partial charge is 0.264 e. The van der Waals surface area contributed by atoms with E-state index in [2.05, 4.69) is 5.32 Å². The van der Waals surface area contributed by atoms with Crippen LogP contribution in [0.2, 0.25) is 0 Å². The normalized spacial score (nSPS) is 15.5. The maximum Gasteiger partial charge on any atom is 0.264 e. The Morgan fingerprint density at radius 3 is 2.46 bits per heavy atom. The Bertz CT molecular complexity index is 1220. The number of benzene rings is 2. The van der Waals surface area contributed by atoms with Gasteiger partial charge in [-0.15, -0.1) is 0 Å². The van der Waals surface area contributed by atoms with Gasteiger partial charge in [0.2, 0.25) is 0 Å². The molecular weight excluding hydrogens is 462 g/mol. The molecule has 1 aromatic heterocycles. The first-order valence-electron chi connectivity index (χ1n) is 12.3. The van der Waals surface area contributed by atoms with Crippen LogP contribution in [0, 0.1) is 6.92 Å². The molecule has 0 bridgehead atoms. The average Bonchev–Trinajstić information content (AvgIpc) is 3.40. The highest BCUT2D eigenvalue weighted by molar-refractivity contribution is 7.92. The maximum atomic E-state index is 13.6. The zero-order valence-corrected chi connectivity index (χ0v) is 21.2. The van der Waals surface area contributed by atoms with E-state index in [1.165, 1.54) is 21.7 Å². The van der Waals surface area contributed by atoms with Gasteiger partial charge in [0.25, 0.3) is 15.9 Å². The van der Waals surface area contributed by atoms with Crippen molar-refractivity contribution in [3.63, 3.8) is 0 Å². The van der Waals surface area contributed by atoms with E-state index in [4.69, 9.17) is 4.42 Å². The number of hydrogen-bond acceptors (Lipinski definition) is 4. The van der Waals surface area contributed by atoms with E-state index in [-0.39, 0.29) is 23.4 Å². The lowest BCUT2D eigenvalue weighted by Gasteiger charge is -2.30. The molecule has 0 spiro atoms. The minimum Gasteiger partial charge on any atom is -0.463 e. The predicted octanol–water partition coefficient (Wildman–Crippen LogP) is 3.34. The fraction of sp³-hybridized carbons (Fsp3) is 0.370. The zero-order valence-electron chi connectivity index (χ0n) is 20.4. The minimum atomic E-state index is -3.84. The molecule has 0 unspecified atom stereocenters. The first-order chi connectivity index (χ1) is 16.9. The molecular formula is C27H34N3O4S+. The summed E-state index contributed by atoms with van der Waals surface area (Å²) in [6.45, 7) is 6.34. The van der Waals surface area contributed by atoms with Gasteiger partial charge in [0, 0.05) is 12.1 Å². The molecule has 1 saturated heterocycles. The number of rotatable bonds is 9. The highest BCUT2D eigenvalue weighted by atomic mass is 32.2. The second kappa shape index (κ2) is 11.1. The lowest BCUT2D eigenvalue weighted by Crippen LogP contribution is -3.13. The van der Waals surface area contributed by atoms with Gasteiger partial charge in [0.05, 0.1) is 36.5 Å². The van der Waals surface area contributed by atoms with Crippen LogP contribution >= 0.6 is 0 Å². The molecule has 7 nitrogen and oxygen atoms in total. The van der Waals surface area contributed by atoms with Gasteiger partial charge in [-0.1, -0.05) is 24.3 Å². The molecule has 186 valence electrons. The Hall–Kier alpha value is -3.10. The van der Waals surface area contributed by atoms with Crippen molar-refractivity contribution in [3.05, 3.63) is 83.8 Å². The van der Waals surface area contributed by atoms with E-state index >= 15 is 0 Å². The van der Waals surface area contributed by atoms with Crippen LogP contribution in [0.1, 0.15) is 53.9 Å². The van der Waals surface area contributed by atoms with Gasteiger partial charge in [-0.25, -0.2) is 8.42 Å².